The molecule has 0 radical (unpaired) electrons. The van der Waals surface area contributed by atoms with E-state index < -0.39 is 4.92 Å². The molecule has 0 aliphatic heterocycles. The number of nitro groups is 1. The second kappa shape index (κ2) is 8.42. The second-order valence-electron chi connectivity index (χ2n) is 5.06. The molecule has 124 valence electrons. The van der Waals surface area contributed by atoms with Gasteiger partial charge < -0.3 is 10.2 Å². The molecule has 2 rings (SSSR count). The summed E-state index contributed by atoms with van der Waals surface area (Å²) in [5.41, 5.74) is 1.47. The monoisotopic (exact) mass is 327 g/mol. The average molecular weight is 327 g/mol. The third-order valence-corrected chi connectivity index (χ3v) is 3.23. The Morgan fingerprint density at radius 1 is 1.29 bits per heavy atom. The van der Waals surface area contributed by atoms with Crippen molar-refractivity contribution in [3.63, 3.8) is 0 Å². The van der Waals surface area contributed by atoms with Crippen molar-refractivity contribution in [3.05, 3.63) is 75.8 Å². The number of nitrogens with one attached hydrogen (secondary N) is 1. The first kappa shape index (κ1) is 17.1. The fraction of sp³-hybridized carbons (Fsp3) is 0.176. The van der Waals surface area contributed by atoms with Crippen LogP contribution in [0.3, 0.4) is 0 Å². The number of amides is 1. The van der Waals surface area contributed by atoms with E-state index in [1.54, 1.807) is 12.1 Å². The number of hydrogen-bond acceptors (Lipinski definition) is 5. The van der Waals surface area contributed by atoms with Crippen LogP contribution in [0.2, 0.25) is 0 Å². The Kier molecular flexibility index (Phi) is 6.01. The zero-order chi connectivity index (χ0) is 17.4. The van der Waals surface area contributed by atoms with Crippen LogP contribution in [0.15, 0.2) is 59.8 Å². The second-order valence-corrected chi connectivity index (χ2v) is 5.06. The number of carbonyl (C=O) groups is 1. The summed E-state index contributed by atoms with van der Waals surface area (Å²) in [4.78, 5) is 26.9. The highest BCUT2D eigenvalue weighted by molar-refractivity contribution is 5.80. The Morgan fingerprint density at radius 3 is 2.75 bits per heavy atom. The molecule has 0 heterocycles. The predicted octanol–water partition coefficient (Wildman–Crippen LogP) is 2.82. The van der Waals surface area contributed by atoms with E-state index in [-0.39, 0.29) is 24.2 Å². The fourth-order valence-corrected chi connectivity index (χ4v) is 2.02. The van der Waals surface area contributed by atoms with Gasteiger partial charge in [0.15, 0.2) is 6.61 Å². The lowest BCUT2D eigenvalue weighted by Crippen LogP contribution is -2.29. The van der Waals surface area contributed by atoms with Crippen LogP contribution in [0, 0.1) is 10.1 Å². The predicted molar refractivity (Wildman–Crippen MR) is 89.6 cm³/mol. The van der Waals surface area contributed by atoms with Gasteiger partial charge in [0.25, 0.3) is 11.6 Å². The van der Waals surface area contributed by atoms with Gasteiger partial charge in [-0.3, -0.25) is 14.9 Å². The largest absolute Gasteiger partial charge is 0.386 e. The van der Waals surface area contributed by atoms with Gasteiger partial charge in [0, 0.05) is 17.7 Å². The van der Waals surface area contributed by atoms with E-state index in [2.05, 4.69) is 10.5 Å². The van der Waals surface area contributed by atoms with Gasteiger partial charge in [0.1, 0.15) is 0 Å². The normalized spacial score (nSPS) is 11.9. The van der Waals surface area contributed by atoms with Crippen LogP contribution in [0.25, 0.3) is 0 Å². The van der Waals surface area contributed by atoms with E-state index in [4.69, 9.17) is 4.84 Å². The van der Waals surface area contributed by atoms with Gasteiger partial charge in [-0.1, -0.05) is 47.6 Å². The molecule has 0 saturated heterocycles. The summed E-state index contributed by atoms with van der Waals surface area (Å²) in [6.07, 6.45) is 1.32. The highest BCUT2D eigenvalue weighted by Crippen LogP contribution is 2.12. The summed E-state index contributed by atoms with van der Waals surface area (Å²) in [7, 11) is 0. The molecule has 2 aromatic rings. The number of hydrogen-bond donors (Lipinski definition) is 1. The molecule has 0 aliphatic rings. The van der Waals surface area contributed by atoms with Crippen molar-refractivity contribution in [3.8, 4) is 0 Å². The quantitative estimate of drug-likeness (QED) is 0.480. The van der Waals surface area contributed by atoms with Gasteiger partial charge in [-0.2, -0.15) is 0 Å². The number of nitrogens with zero attached hydrogens (tertiary/aromatic N) is 2. The van der Waals surface area contributed by atoms with Crippen LogP contribution in [-0.4, -0.2) is 23.7 Å². The number of carbonyl (C=O) groups excluding carboxylic acids is 1. The molecule has 1 amide bonds. The van der Waals surface area contributed by atoms with Crippen LogP contribution < -0.4 is 5.32 Å². The molecule has 0 aromatic heterocycles. The van der Waals surface area contributed by atoms with Gasteiger partial charge in [-0.15, -0.1) is 0 Å². The van der Waals surface area contributed by atoms with Crippen LogP contribution in [0.4, 0.5) is 5.69 Å². The maximum absolute atomic E-state index is 11.8. The summed E-state index contributed by atoms with van der Waals surface area (Å²) in [5.74, 6) is -0.303. The Hall–Kier alpha value is -3.22. The number of rotatable bonds is 7. The Bertz CT molecular complexity index is 732. The molecule has 7 heteroatoms. The third-order valence-electron chi connectivity index (χ3n) is 3.23. The molecule has 1 atom stereocenters. The van der Waals surface area contributed by atoms with Gasteiger partial charge in [0.05, 0.1) is 17.2 Å². The highest BCUT2D eigenvalue weighted by Gasteiger charge is 2.09. The van der Waals surface area contributed by atoms with Crippen molar-refractivity contribution in [1.29, 1.82) is 0 Å². The van der Waals surface area contributed by atoms with E-state index in [0.717, 1.165) is 5.56 Å². The molecule has 2 aromatic carbocycles. The molecule has 24 heavy (non-hydrogen) atoms. The third kappa shape index (κ3) is 5.20. The molecule has 1 N–H and O–H groups in total. The van der Waals surface area contributed by atoms with E-state index in [0.29, 0.717) is 5.56 Å². The number of benzene rings is 2. The van der Waals surface area contributed by atoms with Gasteiger partial charge in [-0.05, 0) is 12.5 Å². The number of non-ortho nitro benzene ring substituents is 1. The van der Waals surface area contributed by atoms with E-state index in [1.165, 1.54) is 18.3 Å². The first-order valence-corrected chi connectivity index (χ1v) is 7.30. The molecule has 0 spiro atoms. The zero-order valence-electron chi connectivity index (χ0n) is 13.1. The minimum Gasteiger partial charge on any atom is -0.386 e. The summed E-state index contributed by atoms with van der Waals surface area (Å²) in [5, 5.41) is 17.1. The van der Waals surface area contributed by atoms with E-state index in [1.807, 2.05) is 37.3 Å². The van der Waals surface area contributed by atoms with E-state index in [9.17, 15) is 14.9 Å². The lowest BCUT2D eigenvalue weighted by molar-refractivity contribution is -0.384. The molecule has 0 unspecified atom stereocenters. The molecular weight excluding hydrogens is 310 g/mol. The minimum atomic E-state index is -0.489. The van der Waals surface area contributed by atoms with Crippen molar-refractivity contribution in [2.75, 3.05) is 6.61 Å². The molecule has 7 nitrogen and oxygen atoms in total. The number of nitro benzene ring substituents is 1. The van der Waals surface area contributed by atoms with E-state index >= 15 is 0 Å². The molecule has 0 saturated carbocycles. The first-order chi connectivity index (χ1) is 11.6. The van der Waals surface area contributed by atoms with Gasteiger partial charge >= 0.3 is 0 Å². The molecular formula is C17H17N3O4. The fourth-order valence-electron chi connectivity index (χ4n) is 2.02. The maximum atomic E-state index is 11.8. The van der Waals surface area contributed by atoms with Crippen LogP contribution in [0.5, 0.6) is 0 Å². The van der Waals surface area contributed by atoms with Crippen molar-refractivity contribution in [2.24, 2.45) is 5.16 Å². The Balaban J connectivity index is 1.80. The maximum Gasteiger partial charge on any atom is 0.270 e. The number of oxime groups is 1. The van der Waals surface area contributed by atoms with Crippen molar-refractivity contribution < 1.29 is 14.6 Å². The van der Waals surface area contributed by atoms with Crippen molar-refractivity contribution in [2.45, 2.75) is 13.0 Å². The summed E-state index contributed by atoms with van der Waals surface area (Å²) in [6.45, 7) is 1.64. The molecule has 0 fully saturated rings. The molecule has 0 bridgehead atoms. The Morgan fingerprint density at radius 2 is 2.04 bits per heavy atom. The van der Waals surface area contributed by atoms with Gasteiger partial charge in [0.2, 0.25) is 0 Å². The standard InChI is InChI=1S/C17H17N3O4/c1-13(15-7-3-2-4-8-15)19-17(21)12-24-18-11-14-6-5-9-16(10-14)20(22)23/h2-11,13H,12H2,1H3,(H,19,21)/b18-11-/t13-/m0/s1. The summed E-state index contributed by atoms with van der Waals surface area (Å²) in [6, 6.07) is 15.4. The van der Waals surface area contributed by atoms with Crippen molar-refractivity contribution >= 4 is 17.8 Å². The first-order valence-electron chi connectivity index (χ1n) is 7.30. The van der Waals surface area contributed by atoms with Crippen molar-refractivity contribution in [1.82, 2.24) is 5.32 Å². The highest BCUT2D eigenvalue weighted by atomic mass is 16.6. The minimum absolute atomic E-state index is 0.0339. The summed E-state index contributed by atoms with van der Waals surface area (Å²) >= 11 is 0. The SMILES string of the molecule is C[C@H](NC(=O)CO/N=C\c1cccc([N+](=O)[O-])c1)c1ccccc1. The van der Waals surface area contributed by atoms with Gasteiger partial charge in [-0.25, -0.2) is 0 Å². The Labute approximate surface area is 139 Å². The van der Waals surface area contributed by atoms with Crippen LogP contribution in [-0.2, 0) is 9.63 Å². The lowest BCUT2D eigenvalue weighted by Gasteiger charge is -2.13. The van der Waals surface area contributed by atoms with Crippen LogP contribution >= 0.6 is 0 Å². The smallest absolute Gasteiger partial charge is 0.270 e. The molecule has 0 aliphatic carbocycles. The summed E-state index contributed by atoms with van der Waals surface area (Å²) < 4.78 is 0. The topological polar surface area (TPSA) is 93.8 Å². The zero-order valence-corrected chi connectivity index (χ0v) is 13.1. The van der Waals surface area contributed by atoms with Crippen LogP contribution in [0.1, 0.15) is 24.1 Å². The lowest BCUT2D eigenvalue weighted by atomic mass is 10.1. The average Bonchev–Trinajstić information content (AvgIpc) is 2.59.